The third kappa shape index (κ3) is 4.87. The van der Waals surface area contributed by atoms with E-state index in [0.717, 1.165) is 30.3 Å². The molecular formula is C12H12N5NaO6S. The van der Waals surface area contributed by atoms with Gasteiger partial charge in [-0.25, -0.2) is 0 Å². The van der Waals surface area contributed by atoms with Crippen LogP contribution in [0.5, 0.6) is 5.75 Å². The molecule has 128 valence electrons. The summed E-state index contributed by atoms with van der Waals surface area (Å²) in [6, 6.07) is 5.05. The molecule has 25 heavy (non-hydrogen) atoms. The molecular weight excluding hydrogens is 365 g/mol. The fraction of sp³-hybridized carbons (Fsp3) is 0. The molecule has 0 aliphatic carbocycles. The van der Waals surface area contributed by atoms with Gasteiger partial charge in [0, 0.05) is 12.1 Å². The zero-order valence-electron chi connectivity index (χ0n) is 13.8. The van der Waals surface area contributed by atoms with Crippen molar-refractivity contribution in [1.82, 2.24) is 0 Å². The van der Waals surface area contributed by atoms with Crippen LogP contribution < -0.4 is 41.0 Å². The van der Waals surface area contributed by atoms with Crippen LogP contribution >= 0.6 is 0 Å². The molecule has 0 saturated carbocycles. The molecule has 0 atom stereocenters. The van der Waals surface area contributed by atoms with Crippen molar-refractivity contribution in [2.75, 3.05) is 11.5 Å². The van der Waals surface area contributed by atoms with Crippen molar-refractivity contribution in [3.05, 3.63) is 40.4 Å². The van der Waals surface area contributed by atoms with Crippen LogP contribution in [0, 0.1) is 10.1 Å². The van der Waals surface area contributed by atoms with Gasteiger partial charge in [-0.05, 0) is 18.2 Å². The van der Waals surface area contributed by atoms with Crippen LogP contribution in [-0.4, -0.2) is 23.0 Å². The van der Waals surface area contributed by atoms with Gasteiger partial charge in [0.1, 0.15) is 22.0 Å². The van der Waals surface area contributed by atoms with Gasteiger partial charge in [0.2, 0.25) is 0 Å². The Morgan fingerprint density at radius 1 is 1.08 bits per heavy atom. The minimum atomic E-state index is -4.60. The average Bonchev–Trinajstić information content (AvgIpc) is 2.46. The van der Waals surface area contributed by atoms with E-state index in [2.05, 4.69) is 10.2 Å². The largest absolute Gasteiger partial charge is 1.00 e. The summed E-state index contributed by atoms with van der Waals surface area (Å²) >= 11 is 0. The summed E-state index contributed by atoms with van der Waals surface area (Å²) < 4.78 is 31.5. The Labute approximate surface area is 165 Å². The van der Waals surface area contributed by atoms with Gasteiger partial charge in [-0.3, -0.25) is 14.7 Å². The van der Waals surface area contributed by atoms with Gasteiger partial charge in [0.15, 0.2) is 0 Å². The second kappa shape index (κ2) is 7.76. The monoisotopic (exact) mass is 377 g/mol. The molecule has 6 N–H and O–H groups in total. The van der Waals surface area contributed by atoms with Crippen molar-refractivity contribution < 1.29 is 54.0 Å². The van der Waals surface area contributed by atoms with Gasteiger partial charge >= 0.3 is 29.6 Å². The average molecular weight is 377 g/mol. The molecule has 2 aromatic rings. The SMILES string of the molecule is Nc1cc(N)c(S(=O)(=O)O)cc1N=Nc1cc([N+](=O)[O-])ccc1O.[H-].[Na+]. The Balaban J connectivity index is 0.00000312. The molecule has 0 spiro atoms. The normalized spacial score (nSPS) is 11.2. The fourth-order valence-electron chi connectivity index (χ4n) is 1.73. The van der Waals surface area contributed by atoms with Crippen molar-refractivity contribution in [2.24, 2.45) is 10.2 Å². The van der Waals surface area contributed by atoms with Gasteiger partial charge in [-0.15, -0.1) is 10.2 Å². The predicted molar refractivity (Wildman–Crippen MR) is 85.1 cm³/mol. The molecule has 0 aliphatic rings. The number of benzene rings is 2. The topological polar surface area (TPSA) is 194 Å². The number of phenolic OH excluding ortho intramolecular Hbond substituents is 1. The first-order valence-electron chi connectivity index (χ1n) is 6.15. The Kier molecular flexibility index (Phi) is 6.45. The molecule has 11 nitrogen and oxygen atoms in total. The number of nitrogen functional groups attached to an aromatic ring is 2. The van der Waals surface area contributed by atoms with Crippen LogP contribution in [0.2, 0.25) is 0 Å². The molecule has 0 fully saturated rings. The zero-order valence-corrected chi connectivity index (χ0v) is 15.6. The first kappa shape index (κ1) is 20.8. The third-order valence-electron chi connectivity index (χ3n) is 2.87. The number of nitrogens with two attached hydrogens (primary N) is 2. The summed E-state index contributed by atoms with van der Waals surface area (Å²) in [5.41, 5.74) is 10.0. The van der Waals surface area contributed by atoms with E-state index in [9.17, 15) is 23.6 Å². The van der Waals surface area contributed by atoms with Crippen molar-refractivity contribution in [3.63, 3.8) is 0 Å². The van der Waals surface area contributed by atoms with E-state index in [0.29, 0.717) is 0 Å². The standard InChI is InChI=1S/C12H11N5O6S.Na.H/c13-7-4-8(14)12(24(21,22)23)5-9(7)15-16-10-3-6(17(19)20)1-2-11(10)18;;/h1-5,18H,13-14H2,(H,21,22,23);;/q;+1;-1. The minimum Gasteiger partial charge on any atom is -1.00 e. The fourth-order valence-corrected chi connectivity index (χ4v) is 2.34. The van der Waals surface area contributed by atoms with E-state index in [4.69, 9.17) is 16.0 Å². The van der Waals surface area contributed by atoms with E-state index < -0.39 is 19.9 Å². The van der Waals surface area contributed by atoms with Crippen molar-refractivity contribution in [1.29, 1.82) is 0 Å². The number of azo groups is 1. The molecule has 2 rings (SSSR count). The maximum atomic E-state index is 11.2. The molecule has 0 saturated heterocycles. The van der Waals surface area contributed by atoms with Crippen molar-refractivity contribution in [2.45, 2.75) is 4.90 Å². The first-order valence-corrected chi connectivity index (χ1v) is 7.59. The zero-order chi connectivity index (χ0) is 18.1. The smallest absolute Gasteiger partial charge is 1.00 e. The van der Waals surface area contributed by atoms with Crippen LogP contribution in [0.15, 0.2) is 45.5 Å². The van der Waals surface area contributed by atoms with Crippen LogP contribution in [-0.2, 0) is 10.1 Å². The van der Waals surface area contributed by atoms with Gasteiger partial charge in [0.25, 0.3) is 15.8 Å². The van der Waals surface area contributed by atoms with E-state index in [-0.39, 0.29) is 65.2 Å². The summed E-state index contributed by atoms with van der Waals surface area (Å²) in [6.45, 7) is 0. The Hall–Kier alpha value is -2.25. The maximum absolute atomic E-state index is 11.2. The number of nitrogens with zero attached hydrogens (tertiary/aromatic N) is 3. The first-order chi connectivity index (χ1) is 11.1. The molecule has 2 aromatic carbocycles. The van der Waals surface area contributed by atoms with E-state index in [1.165, 1.54) is 0 Å². The van der Waals surface area contributed by atoms with E-state index in [1.54, 1.807) is 0 Å². The van der Waals surface area contributed by atoms with Crippen LogP contribution in [0.3, 0.4) is 0 Å². The Morgan fingerprint density at radius 2 is 1.68 bits per heavy atom. The Bertz CT molecular complexity index is 969. The number of nitro benzene ring substituents is 1. The predicted octanol–water partition coefficient (Wildman–Crippen LogP) is -0.757. The number of aromatic hydroxyl groups is 1. The number of phenols is 1. The van der Waals surface area contributed by atoms with E-state index >= 15 is 0 Å². The number of rotatable bonds is 4. The molecule has 0 radical (unpaired) electrons. The molecule has 0 amide bonds. The summed E-state index contributed by atoms with van der Waals surface area (Å²) in [6.07, 6.45) is 0. The van der Waals surface area contributed by atoms with E-state index in [1.807, 2.05) is 0 Å². The molecule has 0 aliphatic heterocycles. The molecule has 0 aromatic heterocycles. The van der Waals surface area contributed by atoms with Gasteiger partial charge in [0.05, 0.1) is 16.3 Å². The van der Waals surface area contributed by atoms with Crippen LogP contribution in [0.4, 0.5) is 28.4 Å². The second-order valence-electron chi connectivity index (χ2n) is 4.55. The van der Waals surface area contributed by atoms with Gasteiger partial charge in [-0.1, -0.05) is 0 Å². The van der Waals surface area contributed by atoms with Crippen LogP contribution in [0.1, 0.15) is 1.43 Å². The van der Waals surface area contributed by atoms with Crippen molar-refractivity contribution >= 4 is 38.6 Å². The summed E-state index contributed by atoms with van der Waals surface area (Å²) in [4.78, 5) is 9.40. The minimum absolute atomic E-state index is 0. The van der Waals surface area contributed by atoms with Crippen molar-refractivity contribution in [3.8, 4) is 5.75 Å². The summed E-state index contributed by atoms with van der Waals surface area (Å²) in [5.74, 6) is -0.381. The number of nitro groups is 1. The van der Waals surface area contributed by atoms with Gasteiger partial charge < -0.3 is 18.0 Å². The molecule has 0 bridgehead atoms. The van der Waals surface area contributed by atoms with Gasteiger partial charge in [-0.2, -0.15) is 8.42 Å². The Morgan fingerprint density at radius 3 is 2.24 bits per heavy atom. The molecule has 0 unspecified atom stereocenters. The maximum Gasteiger partial charge on any atom is 1.00 e. The molecule has 13 heteroatoms. The number of non-ortho nitro benzene ring substituents is 1. The number of hydrogen-bond donors (Lipinski definition) is 4. The quantitative estimate of drug-likeness (QED) is 0.133. The summed E-state index contributed by atoms with van der Waals surface area (Å²) in [7, 11) is -4.60. The van der Waals surface area contributed by atoms with Crippen LogP contribution in [0.25, 0.3) is 0 Å². The third-order valence-corrected chi connectivity index (χ3v) is 3.78. The number of hydrogen-bond acceptors (Lipinski definition) is 9. The molecule has 0 heterocycles. The second-order valence-corrected chi connectivity index (χ2v) is 5.94. The summed E-state index contributed by atoms with van der Waals surface area (Å²) in [5, 5.41) is 27.6. The number of anilines is 2.